The van der Waals surface area contributed by atoms with Crippen molar-refractivity contribution in [3.8, 4) is 0 Å². The molecule has 2 aromatic carbocycles. The largest absolute Gasteiger partial charge is 0.368 e. The van der Waals surface area contributed by atoms with E-state index in [0.717, 1.165) is 36.4 Å². The summed E-state index contributed by atoms with van der Waals surface area (Å²) in [5.74, 6) is -0.309. The SMILES string of the molecule is O=C(NCCc1cccs1)C1Cc2cc([N+](=O)[O-])ccc2N2CCN(c3cccc(Cl)c3)CC12. The zero-order valence-electron chi connectivity index (χ0n) is 18.5. The number of amides is 1. The monoisotopic (exact) mass is 496 g/mol. The molecule has 5 rings (SSSR count). The van der Waals surface area contributed by atoms with E-state index >= 15 is 0 Å². The number of carbonyl (C=O) groups excluding carboxylic acids is 1. The van der Waals surface area contributed by atoms with E-state index in [0.29, 0.717) is 24.5 Å². The molecule has 2 atom stereocenters. The molecule has 9 heteroatoms. The van der Waals surface area contributed by atoms with Crippen molar-refractivity contribution in [3.05, 3.63) is 85.6 Å². The van der Waals surface area contributed by atoms with Crippen LogP contribution in [0.25, 0.3) is 0 Å². The molecule has 1 N–H and O–H groups in total. The minimum atomic E-state index is -0.375. The van der Waals surface area contributed by atoms with Crippen LogP contribution in [0.15, 0.2) is 60.0 Å². The molecule has 0 aliphatic carbocycles. The number of rotatable bonds is 6. The molecule has 1 saturated heterocycles. The Morgan fingerprint density at radius 2 is 2.06 bits per heavy atom. The predicted octanol–water partition coefficient (Wildman–Crippen LogP) is 4.54. The lowest BCUT2D eigenvalue weighted by molar-refractivity contribution is -0.384. The number of piperazine rings is 1. The number of nitrogens with zero attached hydrogens (tertiary/aromatic N) is 3. The second kappa shape index (κ2) is 9.64. The summed E-state index contributed by atoms with van der Waals surface area (Å²) < 4.78 is 0. The summed E-state index contributed by atoms with van der Waals surface area (Å²) in [6.45, 7) is 2.75. The smallest absolute Gasteiger partial charge is 0.269 e. The fourth-order valence-corrected chi connectivity index (χ4v) is 5.92. The second-order valence-corrected chi connectivity index (χ2v) is 10.2. The Morgan fingerprint density at radius 3 is 2.82 bits per heavy atom. The number of hydrogen-bond acceptors (Lipinski definition) is 6. The first-order valence-electron chi connectivity index (χ1n) is 11.3. The molecule has 3 aromatic rings. The number of thiophene rings is 1. The van der Waals surface area contributed by atoms with Gasteiger partial charge in [0.25, 0.3) is 5.69 Å². The van der Waals surface area contributed by atoms with Gasteiger partial charge in [-0.1, -0.05) is 23.7 Å². The number of fused-ring (bicyclic) bond motifs is 3. The van der Waals surface area contributed by atoms with Crippen molar-refractivity contribution in [2.45, 2.75) is 18.9 Å². The number of carbonyl (C=O) groups is 1. The van der Waals surface area contributed by atoms with Crippen LogP contribution < -0.4 is 15.1 Å². The molecule has 0 bridgehead atoms. The summed E-state index contributed by atoms with van der Waals surface area (Å²) in [4.78, 5) is 30.1. The van der Waals surface area contributed by atoms with Crippen LogP contribution in [0, 0.1) is 16.0 Å². The van der Waals surface area contributed by atoms with Crippen molar-refractivity contribution >= 4 is 45.9 Å². The Bertz CT molecular complexity index is 1200. The molecule has 0 radical (unpaired) electrons. The van der Waals surface area contributed by atoms with Crippen LogP contribution >= 0.6 is 22.9 Å². The van der Waals surface area contributed by atoms with Gasteiger partial charge >= 0.3 is 0 Å². The number of anilines is 2. The van der Waals surface area contributed by atoms with Crippen LogP contribution in [0.2, 0.25) is 5.02 Å². The maximum atomic E-state index is 13.4. The summed E-state index contributed by atoms with van der Waals surface area (Å²) in [5, 5.41) is 17.2. The van der Waals surface area contributed by atoms with Gasteiger partial charge in [-0.15, -0.1) is 11.3 Å². The summed E-state index contributed by atoms with van der Waals surface area (Å²) in [5.41, 5.74) is 2.95. The summed E-state index contributed by atoms with van der Waals surface area (Å²) in [7, 11) is 0. The van der Waals surface area contributed by atoms with Crippen LogP contribution in [0.4, 0.5) is 17.1 Å². The summed E-state index contributed by atoms with van der Waals surface area (Å²) in [6, 6.07) is 16.8. The van der Waals surface area contributed by atoms with Gasteiger partial charge in [-0.2, -0.15) is 0 Å². The Balaban J connectivity index is 1.40. The van der Waals surface area contributed by atoms with Crippen molar-refractivity contribution in [2.75, 3.05) is 36.0 Å². The van der Waals surface area contributed by atoms with Gasteiger partial charge in [-0.05, 0) is 54.1 Å². The average Bonchev–Trinajstić information content (AvgIpc) is 3.36. The van der Waals surface area contributed by atoms with Gasteiger partial charge in [-0.25, -0.2) is 0 Å². The van der Waals surface area contributed by atoms with Crippen molar-refractivity contribution in [3.63, 3.8) is 0 Å². The van der Waals surface area contributed by atoms with E-state index in [4.69, 9.17) is 11.6 Å². The van der Waals surface area contributed by atoms with Crippen molar-refractivity contribution in [2.24, 2.45) is 5.92 Å². The minimum Gasteiger partial charge on any atom is -0.368 e. The highest BCUT2D eigenvalue weighted by molar-refractivity contribution is 7.09. The maximum absolute atomic E-state index is 13.4. The molecule has 176 valence electrons. The van der Waals surface area contributed by atoms with E-state index in [9.17, 15) is 14.9 Å². The van der Waals surface area contributed by atoms with E-state index < -0.39 is 0 Å². The summed E-state index contributed by atoms with van der Waals surface area (Å²) >= 11 is 7.91. The predicted molar refractivity (Wildman–Crippen MR) is 136 cm³/mol. The van der Waals surface area contributed by atoms with Gasteiger partial charge in [0.15, 0.2) is 0 Å². The first kappa shape index (κ1) is 22.7. The highest BCUT2D eigenvalue weighted by atomic mass is 35.5. The van der Waals surface area contributed by atoms with Gasteiger partial charge in [0.05, 0.1) is 16.9 Å². The maximum Gasteiger partial charge on any atom is 0.269 e. The number of benzene rings is 2. The zero-order chi connectivity index (χ0) is 23.7. The summed E-state index contributed by atoms with van der Waals surface area (Å²) in [6.07, 6.45) is 1.27. The fourth-order valence-electron chi connectivity index (χ4n) is 5.03. The Morgan fingerprint density at radius 1 is 1.18 bits per heavy atom. The van der Waals surface area contributed by atoms with E-state index in [1.807, 2.05) is 41.8 Å². The number of nitro benzene ring substituents is 1. The normalized spacial score (nSPS) is 19.3. The number of nitro groups is 1. The molecule has 7 nitrogen and oxygen atoms in total. The highest BCUT2D eigenvalue weighted by Crippen LogP contribution is 2.38. The Kier molecular flexibility index (Phi) is 6.43. The number of hydrogen-bond donors (Lipinski definition) is 1. The van der Waals surface area contributed by atoms with Crippen LogP contribution in [0.5, 0.6) is 0 Å². The fraction of sp³-hybridized carbons (Fsp3) is 0.320. The third-order valence-electron chi connectivity index (χ3n) is 6.67. The van der Waals surface area contributed by atoms with E-state index in [1.165, 1.54) is 4.88 Å². The lowest BCUT2D eigenvalue weighted by atomic mass is 9.83. The van der Waals surface area contributed by atoms with E-state index in [2.05, 4.69) is 21.2 Å². The Hall–Kier alpha value is -3.10. The molecule has 2 aliphatic heterocycles. The van der Waals surface area contributed by atoms with Crippen LogP contribution in [0.3, 0.4) is 0 Å². The first-order valence-corrected chi connectivity index (χ1v) is 12.6. The average molecular weight is 497 g/mol. The first-order chi connectivity index (χ1) is 16.5. The molecule has 1 aromatic heterocycles. The molecule has 1 fully saturated rings. The van der Waals surface area contributed by atoms with Crippen LogP contribution in [-0.2, 0) is 17.6 Å². The third kappa shape index (κ3) is 4.60. The molecule has 1 amide bonds. The van der Waals surface area contributed by atoms with E-state index in [-0.39, 0.29) is 28.5 Å². The second-order valence-electron chi connectivity index (χ2n) is 8.69. The number of nitrogens with one attached hydrogen (secondary N) is 1. The molecular formula is C25H25ClN4O3S. The van der Waals surface area contributed by atoms with Crippen molar-refractivity contribution in [1.82, 2.24) is 5.32 Å². The quantitative estimate of drug-likeness (QED) is 0.400. The van der Waals surface area contributed by atoms with Crippen LogP contribution in [0.1, 0.15) is 10.4 Å². The molecule has 2 aliphatic rings. The standard InChI is InChI=1S/C25H25ClN4O3S/c26-18-3-1-4-19(15-18)28-10-11-29-23-7-6-20(30(32)33)13-17(23)14-22(24(29)16-28)25(31)27-9-8-21-5-2-12-34-21/h1-7,12-13,15,22,24H,8-11,14,16H2,(H,27,31). The Labute approximate surface area is 207 Å². The molecule has 0 spiro atoms. The van der Waals surface area contributed by atoms with E-state index in [1.54, 1.807) is 23.5 Å². The van der Waals surface area contributed by atoms with Crippen LogP contribution in [-0.4, -0.2) is 43.1 Å². The highest BCUT2D eigenvalue weighted by Gasteiger charge is 2.42. The molecular weight excluding hydrogens is 472 g/mol. The third-order valence-corrected chi connectivity index (χ3v) is 7.84. The lowest BCUT2D eigenvalue weighted by Crippen LogP contribution is -2.61. The minimum absolute atomic E-state index is 0.00310. The van der Waals surface area contributed by atoms with Gasteiger partial charge in [0, 0.05) is 59.6 Å². The number of non-ortho nitro benzene ring substituents is 1. The molecule has 2 unspecified atom stereocenters. The van der Waals surface area contributed by atoms with Crippen molar-refractivity contribution in [1.29, 1.82) is 0 Å². The molecule has 3 heterocycles. The zero-order valence-corrected chi connectivity index (χ0v) is 20.1. The van der Waals surface area contributed by atoms with Gasteiger partial charge < -0.3 is 15.1 Å². The van der Waals surface area contributed by atoms with Gasteiger partial charge in [0.2, 0.25) is 5.91 Å². The molecule has 34 heavy (non-hydrogen) atoms. The van der Waals surface area contributed by atoms with Gasteiger partial charge in [0.1, 0.15) is 0 Å². The topological polar surface area (TPSA) is 78.7 Å². The lowest BCUT2D eigenvalue weighted by Gasteiger charge is -2.49. The number of halogens is 1. The van der Waals surface area contributed by atoms with Crippen molar-refractivity contribution < 1.29 is 9.72 Å². The van der Waals surface area contributed by atoms with Gasteiger partial charge in [-0.3, -0.25) is 14.9 Å². The molecule has 0 saturated carbocycles.